The average Bonchev–Trinajstić information content (AvgIpc) is 2.37. The molecule has 4 heteroatoms. The van der Waals surface area contributed by atoms with Gasteiger partial charge in [0.1, 0.15) is 0 Å². The fourth-order valence-corrected chi connectivity index (χ4v) is 2.11. The van der Waals surface area contributed by atoms with Gasteiger partial charge in [-0.1, -0.05) is 34.6 Å². The summed E-state index contributed by atoms with van der Waals surface area (Å²) in [6.07, 6.45) is 1.08. The first-order chi connectivity index (χ1) is 9.29. The Morgan fingerprint density at radius 3 is 2.45 bits per heavy atom. The number of anilines is 1. The van der Waals surface area contributed by atoms with E-state index < -0.39 is 0 Å². The highest BCUT2D eigenvalue weighted by Crippen LogP contribution is 2.21. The van der Waals surface area contributed by atoms with Gasteiger partial charge in [-0.3, -0.25) is 0 Å². The molecule has 0 unspecified atom stereocenters. The highest BCUT2D eigenvalue weighted by molar-refractivity contribution is 5.33. The molecule has 1 aromatic rings. The van der Waals surface area contributed by atoms with Gasteiger partial charge in [0.05, 0.1) is 0 Å². The topological polar surface area (TPSA) is 55.0 Å². The number of nitrogens with two attached hydrogens (primary N) is 1. The third kappa shape index (κ3) is 4.75. The quantitative estimate of drug-likeness (QED) is 0.832. The van der Waals surface area contributed by atoms with Gasteiger partial charge in [-0.05, 0) is 37.3 Å². The van der Waals surface area contributed by atoms with Gasteiger partial charge in [0.2, 0.25) is 5.95 Å². The van der Waals surface area contributed by atoms with Crippen molar-refractivity contribution >= 4 is 5.95 Å². The Hall–Kier alpha value is -1.16. The lowest BCUT2D eigenvalue weighted by atomic mass is 9.93. The molecule has 114 valence electrons. The minimum absolute atomic E-state index is 0.0697. The molecule has 0 aliphatic heterocycles. The summed E-state index contributed by atoms with van der Waals surface area (Å²) in [6.45, 7) is 15.4. The maximum absolute atomic E-state index is 5.87. The van der Waals surface area contributed by atoms with Gasteiger partial charge in [0.25, 0.3) is 0 Å². The van der Waals surface area contributed by atoms with Crippen LogP contribution < -0.4 is 10.6 Å². The van der Waals surface area contributed by atoms with E-state index in [9.17, 15) is 0 Å². The van der Waals surface area contributed by atoms with Crippen molar-refractivity contribution < 1.29 is 0 Å². The van der Waals surface area contributed by atoms with Crippen LogP contribution in [-0.4, -0.2) is 29.6 Å². The molecule has 0 amide bonds. The zero-order valence-corrected chi connectivity index (χ0v) is 13.9. The van der Waals surface area contributed by atoms with Crippen LogP contribution in [0, 0.1) is 12.3 Å². The van der Waals surface area contributed by atoms with Gasteiger partial charge < -0.3 is 10.6 Å². The fourth-order valence-electron chi connectivity index (χ4n) is 2.11. The molecule has 0 atom stereocenters. The molecule has 1 aromatic heterocycles. The maximum atomic E-state index is 5.87. The van der Waals surface area contributed by atoms with Crippen LogP contribution in [0.1, 0.15) is 58.3 Å². The molecule has 0 spiro atoms. The van der Waals surface area contributed by atoms with Crippen LogP contribution in [0.25, 0.3) is 0 Å². The van der Waals surface area contributed by atoms with Crippen molar-refractivity contribution in [1.29, 1.82) is 0 Å². The van der Waals surface area contributed by atoms with E-state index in [1.54, 1.807) is 0 Å². The van der Waals surface area contributed by atoms with Gasteiger partial charge in [-0.15, -0.1) is 0 Å². The van der Waals surface area contributed by atoms with Crippen LogP contribution in [0.4, 0.5) is 5.95 Å². The van der Waals surface area contributed by atoms with Crippen LogP contribution in [0.3, 0.4) is 0 Å². The third-order valence-electron chi connectivity index (χ3n) is 3.40. The molecule has 0 fully saturated rings. The first-order valence-electron chi connectivity index (χ1n) is 7.59. The van der Waals surface area contributed by atoms with E-state index >= 15 is 0 Å². The van der Waals surface area contributed by atoms with Crippen LogP contribution in [0.5, 0.6) is 0 Å². The van der Waals surface area contributed by atoms with Crippen molar-refractivity contribution in [3.63, 3.8) is 0 Å². The summed E-state index contributed by atoms with van der Waals surface area (Å²) in [7, 11) is 0. The summed E-state index contributed by atoms with van der Waals surface area (Å²) in [5.41, 5.74) is 8.08. The Balaban J connectivity index is 3.08. The molecule has 0 saturated carbocycles. The smallest absolute Gasteiger partial charge is 0.225 e. The number of aryl methyl sites for hydroxylation is 1. The molecule has 0 saturated heterocycles. The Morgan fingerprint density at radius 1 is 1.30 bits per heavy atom. The SMILES string of the molecule is CCCN(CC(C)(C)CN)c1nc(C)cc(C(C)C)n1. The van der Waals surface area contributed by atoms with E-state index in [2.05, 4.69) is 50.6 Å². The first kappa shape index (κ1) is 16.9. The van der Waals surface area contributed by atoms with E-state index in [0.717, 1.165) is 36.8 Å². The Kier molecular flexibility index (Phi) is 5.93. The van der Waals surface area contributed by atoms with Crippen molar-refractivity contribution in [3.05, 3.63) is 17.5 Å². The van der Waals surface area contributed by atoms with Crippen molar-refractivity contribution in [2.45, 2.75) is 53.9 Å². The predicted octanol–water partition coefficient (Wildman–Crippen LogP) is 3.11. The third-order valence-corrected chi connectivity index (χ3v) is 3.40. The second kappa shape index (κ2) is 7.02. The molecule has 1 heterocycles. The maximum Gasteiger partial charge on any atom is 0.225 e. The highest BCUT2D eigenvalue weighted by atomic mass is 15.3. The van der Waals surface area contributed by atoms with Crippen molar-refractivity contribution in [3.8, 4) is 0 Å². The second-order valence-corrected chi connectivity index (χ2v) is 6.68. The van der Waals surface area contributed by atoms with Crippen molar-refractivity contribution in [2.75, 3.05) is 24.5 Å². The number of hydrogen-bond acceptors (Lipinski definition) is 4. The number of rotatable bonds is 7. The minimum atomic E-state index is 0.0697. The molecule has 2 N–H and O–H groups in total. The zero-order valence-electron chi connectivity index (χ0n) is 13.9. The van der Waals surface area contributed by atoms with Crippen LogP contribution in [0.2, 0.25) is 0 Å². The van der Waals surface area contributed by atoms with Gasteiger partial charge >= 0.3 is 0 Å². The number of hydrogen-bond donors (Lipinski definition) is 1. The summed E-state index contributed by atoms with van der Waals surface area (Å²) in [5.74, 6) is 1.26. The lowest BCUT2D eigenvalue weighted by molar-refractivity contribution is 0.375. The molecule has 1 rings (SSSR count). The van der Waals surface area contributed by atoms with E-state index in [1.807, 2.05) is 6.92 Å². The predicted molar refractivity (Wildman–Crippen MR) is 86.2 cm³/mol. The summed E-state index contributed by atoms with van der Waals surface area (Å²) >= 11 is 0. The molecule has 0 aliphatic carbocycles. The van der Waals surface area contributed by atoms with Crippen LogP contribution in [-0.2, 0) is 0 Å². The standard InChI is InChI=1S/C16H30N4/c1-7-8-20(11-16(5,6)10-17)15-18-13(4)9-14(19-15)12(2)3/h9,12H,7-8,10-11,17H2,1-6H3. The summed E-state index contributed by atoms with van der Waals surface area (Å²) in [6, 6.07) is 2.08. The zero-order chi connectivity index (χ0) is 15.3. The van der Waals surface area contributed by atoms with Crippen LogP contribution >= 0.6 is 0 Å². The van der Waals surface area contributed by atoms with E-state index in [1.165, 1.54) is 0 Å². The Morgan fingerprint density at radius 2 is 1.95 bits per heavy atom. The minimum Gasteiger partial charge on any atom is -0.340 e. The van der Waals surface area contributed by atoms with E-state index in [0.29, 0.717) is 12.5 Å². The second-order valence-electron chi connectivity index (χ2n) is 6.68. The Labute approximate surface area is 123 Å². The van der Waals surface area contributed by atoms with Crippen molar-refractivity contribution in [1.82, 2.24) is 9.97 Å². The lowest BCUT2D eigenvalue weighted by Gasteiger charge is -2.32. The van der Waals surface area contributed by atoms with Gasteiger partial charge in [0, 0.05) is 24.5 Å². The van der Waals surface area contributed by atoms with E-state index in [-0.39, 0.29) is 5.41 Å². The van der Waals surface area contributed by atoms with E-state index in [4.69, 9.17) is 10.7 Å². The summed E-state index contributed by atoms with van der Waals surface area (Å²) in [5, 5.41) is 0. The molecule has 4 nitrogen and oxygen atoms in total. The fraction of sp³-hybridized carbons (Fsp3) is 0.750. The van der Waals surface area contributed by atoms with Gasteiger partial charge in [0.15, 0.2) is 0 Å². The van der Waals surface area contributed by atoms with Gasteiger partial charge in [-0.25, -0.2) is 9.97 Å². The number of nitrogens with zero attached hydrogens (tertiary/aromatic N) is 3. The summed E-state index contributed by atoms with van der Waals surface area (Å²) < 4.78 is 0. The first-order valence-corrected chi connectivity index (χ1v) is 7.59. The normalized spacial score (nSPS) is 12.0. The van der Waals surface area contributed by atoms with Crippen molar-refractivity contribution in [2.24, 2.45) is 11.1 Å². The van der Waals surface area contributed by atoms with Gasteiger partial charge in [-0.2, -0.15) is 0 Å². The molecule has 0 aromatic carbocycles. The van der Waals surface area contributed by atoms with Crippen LogP contribution in [0.15, 0.2) is 6.07 Å². The number of aromatic nitrogens is 2. The highest BCUT2D eigenvalue weighted by Gasteiger charge is 2.22. The average molecular weight is 278 g/mol. The molecular weight excluding hydrogens is 248 g/mol. The molecule has 0 bridgehead atoms. The molecular formula is C16H30N4. The molecule has 0 aliphatic rings. The largest absolute Gasteiger partial charge is 0.340 e. The summed E-state index contributed by atoms with van der Waals surface area (Å²) in [4.78, 5) is 11.6. The molecule has 0 radical (unpaired) electrons. The monoisotopic (exact) mass is 278 g/mol. The Bertz CT molecular complexity index is 426. The molecule has 20 heavy (non-hydrogen) atoms. The lowest BCUT2D eigenvalue weighted by Crippen LogP contribution is -2.40.